The number of aliphatic carboxylic acids is 1. The van der Waals surface area contributed by atoms with Crippen molar-refractivity contribution in [1.29, 1.82) is 0 Å². The number of carboxylic acids is 1. The van der Waals surface area contributed by atoms with Gasteiger partial charge in [0.15, 0.2) is 0 Å². The number of hydrogen-bond acceptors (Lipinski definition) is 5. The largest absolute Gasteiger partial charge is 0.480 e. The molecule has 0 radical (unpaired) electrons. The van der Waals surface area contributed by atoms with Gasteiger partial charge in [0.05, 0.1) is 5.39 Å². The second-order valence-corrected chi connectivity index (χ2v) is 5.94. The second-order valence-electron chi connectivity index (χ2n) is 4.86. The van der Waals surface area contributed by atoms with E-state index in [1.807, 2.05) is 6.92 Å². The zero-order chi connectivity index (χ0) is 13.6. The Labute approximate surface area is 114 Å². The highest BCUT2D eigenvalue weighted by Crippen LogP contribution is 2.39. The highest BCUT2D eigenvalue weighted by molar-refractivity contribution is 7.19. The van der Waals surface area contributed by atoms with Crippen molar-refractivity contribution in [3.63, 3.8) is 0 Å². The number of nitrogens with one attached hydrogen (secondary N) is 1. The molecule has 0 saturated carbocycles. The predicted molar refractivity (Wildman–Crippen MR) is 74.9 cm³/mol. The molecular weight excluding hydrogens is 262 g/mol. The maximum atomic E-state index is 11.0. The van der Waals surface area contributed by atoms with Crippen LogP contribution < -0.4 is 5.32 Å². The van der Waals surface area contributed by atoms with Crippen molar-refractivity contribution in [3.05, 3.63) is 16.3 Å². The van der Waals surface area contributed by atoms with Gasteiger partial charge in [-0.05, 0) is 38.7 Å². The molecule has 2 N–H and O–H groups in total. The molecule has 0 bridgehead atoms. The lowest BCUT2D eigenvalue weighted by atomic mass is 10.2. The Morgan fingerprint density at radius 3 is 2.95 bits per heavy atom. The van der Waals surface area contributed by atoms with Gasteiger partial charge in [0.1, 0.15) is 22.5 Å². The number of carboxylic acid groups (broad SMARTS) is 1. The van der Waals surface area contributed by atoms with Crippen LogP contribution >= 0.6 is 11.3 Å². The molecule has 2 aromatic heterocycles. The van der Waals surface area contributed by atoms with Crippen LogP contribution in [0.2, 0.25) is 0 Å². The van der Waals surface area contributed by atoms with Gasteiger partial charge in [-0.25, -0.2) is 9.97 Å². The van der Waals surface area contributed by atoms with Gasteiger partial charge in [-0.1, -0.05) is 0 Å². The van der Waals surface area contributed by atoms with E-state index < -0.39 is 12.0 Å². The summed E-state index contributed by atoms with van der Waals surface area (Å²) in [4.78, 5) is 22.2. The summed E-state index contributed by atoms with van der Waals surface area (Å²) in [7, 11) is 0. The van der Waals surface area contributed by atoms with E-state index in [1.54, 1.807) is 18.3 Å². The molecule has 100 valence electrons. The highest BCUT2D eigenvalue weighted by atomic mass is 32.1. The van der Waals surface area contributed by atoms with Crippen molar-refractivity contribution < 1.29 is 9.90 Å². The van der Waals surface area contributed by atoms with Gasteiger partial charge in [0.2, 0.25) is 0 Å². The van der Waals surface area contributed by atoms with Crippen molar-refractivity contribution in [3.8, 4) is 0 Å². The van der Waals surface area contributed by atoms with Crippen molar-refractivity contribution in [2.45, 2.75) is 39.2 Å². The summed E-state index contributed by atoms with van der Waals surface area (Å²) in [6, 6.07) is -0.658. The molecule has 0 unspecified atom stereocenters. The zero-order valence-electron chi connectivity index (χ0n) is 10.9. The summed E-state index contributed by atoms with van der Waals surface area (Å²) in [6.45, 7) is 3.46. The van der Waals surface area contributed by atoms with Crippen LogP contribution in [-0.4, -0.2) is 27.1 Å². The molecule has 2 heterocycles. The lowest BCUT2D eigenvalue weighted by Crippen LogP contribution is -2.26. The van der Waals surface area contributed by atoms with E-state index in [9.17, 15) is 4.79 Å². The number of hydrogen-bond donors (Lipinski definition) is 2. The van der Waals surface area contributed by atoms with Gasteiger partial charge < -0.3 is 10.4 Å². The van der Waals surface area contributed by atoms with E-state index in [-0.39, 0.29) is 0 Å². The average Bonchev–Trinajstić information content (AvgIpc) is 2.87. The van der Waals surface area contributed by atoms with E-state index in [4.69, 9.17) is 5.11 Å². The quantitative estimate of drug-likeness (QED) is 0.901. The third kappa shape index (κ3) is 2.06. The molecule has 0 fully saturated rings. The third-order valence-electron chi connectivity index (χ3n) is 3.40. The summed E-state index contributed by atoms with van der Waals surface area (Å²) in [5.74, 6) is 0.459. The Morgan fingerprint density at radius 1 is 1.42 bits per heavy atom. The zero-order valence-corrected chi connectivity index (χ0v) is 11.7. The highest BCUT2D eigenvalue weighted by Gasteiger charge is 2.23. The molecule has 1 atom stereocenters. The summed E-state index contributed by atoms with van der Waals surface area (Å²) >= 11 is 1.71. The van der Waals surface area contributed by atoms with Gasteiger partial charge in [0.25, 0.3) is 0 Å². The number of aromatic nitrogens is 2. The molecule has 1 aliphatic rings. The topological polar surface area (TPSA) is 75.1 Å². The van der Waals surface area contributed by atoms with Crippen molar-refractivity contribution in [1.82, 2.24) is 9.97 Å². The number of fused-ring (bicyclic) bond motifs is 3. The number of anilines is 1. The number of nitrogens with zero attached hydrogens (tertiary/aromatic N) is 2. The minimum Gasteiger partial charge on any atom is -0.480 e. The Balaban J connectivity index is 2.14. The number of aryl methyl sites for hydroxylation is 3. The maximum Gasteiger partial charge on any atom is 0.325 e. The smallest absolute Gasteiger partial charge is 0.325 e. The fraction of sp³-hybridized carbons (Fsp3) is 0.462. The van der Waals surface area contributed by atoms with Crippen LogP contribution in [0.25, 0.3) is 10.2 Å². The lowest BCUT2D eigenvalue weighted by Gasteiger charge is -2.12. The monoisotopic (exact) mass is 277 g/mol. The van der Waals surface area contributed by atoms with Gasteiger partial charge in [0, 0.05) is 4.88 Å². The Hall–Kier alpha value is -1.69. The third-order valence-corrected chi connectivity index (χ3v) is 4.59. The summed E-state index contributed by atoms with van der Waals surface area (Å²) in [5.41, 5.74) is 1.31. The molecular formula is C13H15N3O2S. The van der Waals surface area contributed by atoms with E-state index in [2.05, 4.69) is 15.3 Å². The van der Waals surface area contributed by atoms with E-state index in [1.165, 1.54) is 16.9 Å². The van der Waals surface area contributed by atoms with Crippen molar-refractivity contribution in [2.75, 3.05) is 5.32 Å². The summed E-state index contributed by atoms with van der Waals surface area (Å²) in [6.07, 6.45) is 3.31. The predicted octanol–water partition coefficient (Wildman–Crippen LogP) is 2.37. The summed E-state index contributed by atoms with van der Waals surface area (Å²) < 4.78 is 0. The normalized spacial score (nSPS) is 15.5. The molecule has 19 heavy (non-hydrogen) atoms. The van der Waals surface area contributed by atoms with Gasteiger partial charge in [-0.2, -0.15) is 0 Å². The Bertz CT molecular complexity index is 665. The first-order chi connectivity index (χ1) is 9.06. The second kappa shape index (κ2) is 4.45. The average molecular weight is 277 g/mol. The first-order valence-corrected chi connectivity index (χ1v) is 7.16. The van der Waals surface area contributed by atoms with Crippen LogP contribution in [0.5, 0.6) is 0 Å². The first kappa shape index (κ1) is 12.3. The van der Waals surface area contributed by atoms with E-state index in [0.29, 0.717) is 11.6 Å². The van der Waals surface area contributed by atoms with Crippen LogP contribution in [0.4, 0.5) is 5.82 Å². The maximum absolute atomic E-state index is 11.0. The van der Waals surface area contributed by atoms with Crippen molar-refractivity contribution >= 4 is 33.3 Å². The van der Waals surface area contributed by atoms with Gasteiger partial charge >= 0.3 is 5.97 Å². The molecule has 5 nitrogen and oxygen atoms in total. The Morgan fingerprint density at radius 2 is 2.21 bits per heavy atom. The Kier molecular flexibility index (Phi) is 2.89. The number of carbonyl (C=O) groups is 1. The molecule has 0 saturated heterocycles. The van der Waals surface area contributed by atoms with Crippen LogP contribution in [-0.2, 0) is 17.6 Å². The minimum atomic E-state index is -0.878. The molecule has 1 aliphatic carbocycles. The van der Waals surface area contributed by atoms with Crippen LogP contribution in [0.3, 0.4) is 0 Å². The van der Waals surface area contributed by atoms with Crippen LogP contribution in [0.1, 0.15) is 29.6 Å². The lowest BCUT2D eigenvalue weighted by molar-refractivity contribution is -0.137. The van der Waals surface area contributed by atoms with Gasteiger partial charge in [-0.3, -0.25) is 4.79 Å². The van der Waals surface area contributed by atoms with E-state index >= 15 is 0 Å². The fourth-order valence-corrected chi connectivity index (χ4v) is 3.78. The number of rotatable bonds is 3. The van der Waals surface area contributed by atoms with E-state index in [0.717, 1.165) is 23.1 Å². The van der Waals surface area contributed by atoms with Crippen LogP contribution in [0, 0.1) is 6.92 Å². The molecule has 0 spiro atoms. The minimum absolute atomic E-state index is 0.658. The fourth-order valence-electron chi connectivity index (χ4n) is 2.47. The number of thiophene rings is 1. The molecule has 6 heteroatoms. The molecule has 0 amide bonds. The first-order valence-electron chi connectivity index (χ1n) is 6.34. The van der Waals surface area contributed by atoms with Crippen molar-refractivity contribution in [2.24, 2.45) is 0 Å². The standard InChI is InChI=1S/C13H15N3O2S/c1-6(13(17)18)14-11-10-8-4-3-5-9(8)19-12(10)16-7(2)15-11/h6H,3-5H2,1-2H3,(H,17,18)(H,14,15,16)/t6-/m0/s1. The molecule has 3 rings (SSSR count). The van der Waals surface area contributed by atoms with Gasteiger partial charge in [-0.15, -0.1) is 11.3 Å². The van der Waals surface area contributed by atoms with Crippen LogP contribution in [0.15, 0.2) is 0 Å². The molecule has 0 aromatic carbocycles. The SMILES string of the molecule is Cc1nc(N[C@@H](C)C(=O)O)c2c3c(sc2n1)CCC3. The summed E-state index contributed by atoms with van der Waals surface area (Å²) in [5, 5.41) is 13.0. The molecule has 0 aliphatic heterocycles. The molecule has 2 aromatic rings.